The third-order valence-corrected chi connectivity index (χ3v) is 15.3. The van der Waals surface area contributed by atoms with E-state index in [0.29, 0.717) is 0 Å². The van der Waals surface area contributed by atoms with E-state index in [1.165, 1.54) is 130 Å². The maximum absolute atomic E-state index is 2.58. The summed E-state index contributed by atoms with van der Waals surface area (Å²) in [4.78, 5) is 0. The van der Waals surface area contributed by atoms with Gasteiger partial charge in [0.2, 0.25) is 0 Å². The van der Waals surface area contributed by atoms with Gasteiger partial charge in [-0.3, -0.25) is 0 Å². The van der Waals surface area contributed by atoms with E-state index in [2.05, 4.69) is 234 Å². The van der Waals surface area contributed by atoms with Gasteiger partial charge in [-0.15, -0.1) is 0 Å². The van der Waals surface area contributed by atoms with Crippen LogP contribution in [0.4, 0.5) is 0 Å². The summed E-state index contributed by atoms with van der Waals surface area (Å²) in [6.45, 7) is 42.6. The van der Waals surface area contributed by atoms with Crippen LogP contribution in [0, 0.1) is 0 Å². The van der Waals surface area contributed by atoms with Gasteiger partial charge in [0.25, 0.3) is 0 Å². The van der Waals surface area contributed by atoms with Crippen LogP contribution in [0.5, 0.6) is 0 Å². The van der Waals surface area contributed by atoms with Crippen LogP contribution in [0.15, 0.2) is 109 Å². The van der Waals surface area contributed by atoms with Crippen molar-refractivity contribution in [3.05, 3.63) is 143 Å². The van der Waals surface area contributed by atoms with Crippen molar-refractivity contribution >= 4 is 97.0 Å². The van der Waals surface area contributed by atoms with Gasteiger partial charge in [0, 0.05) is 0 Å². The van der Waals surface area contributed by atoms with Crippen LogP contribution in [0.25, 0.3) is 97.0 Å². The third-order valence-electron chi connectivity index (χ3n) is 15.3. The average molecular weight is 865 g/mol. The van der Waals surface area contributed by atoms with Crippen molar-refractivity contribution in [3.8, 4) is 0 Å². The van der Waals surface area contributed by atoms with Gasteiger partial charge < -0.3 is 0 Å². The normalized spacial score (nSPS) is 13.9. The second-order valence-electron chi connectivity index (χ2n) is 26.3. The summed E-state index contributed by atoms with van der Waals surface area (Å²) in [5.41, 5.74) is 7.92. The van der Waals surface area contributed by atoms with Crippen molar-refractivity contribution in [2.45, 2.75) is 157 Å². The van der Waals surface area contributed by atoms with Gasteiger partial charge in [-0.05, 0) is 199 Å². The lowest BCUT2D eigenvalue weighted by Gasteiger charge is -2.27. The Bertz CT molecular complexity index is 3040. The molecule has 0 fully saturated rings. The lowest BCUT2D eigenvalue weighted by molar-refractivity contribution is 0.590. The molecule has 0 amide bonds. The van der Waals surface area contributed by atoms with Crippen LogP contribution >= 0.6 is 0 Å². The summed E-state index contributed by atoms with van der Waals surface area (Å²) in [5, 5.41) is 24.3. The topological polar surface area (TPSA) is 0 Å². The van der Waals surface area contributed by atoms with Crippen LogP contribution in [-0.4, -0.2) is 0 Å². The van der Waals surface area contributed by atoms with E-state index in [1.807, 2.05) is 0 Å². The van der Waals surface area contributed by atoms with E-state index < -0.39 is 0 Å². The number of benzene rings is 10. The predicted octanol–water partition coefficient (Wildman–Crippen LogP) is 19.9. The van der Waals surface area contributed by atoms with E-state index in [4.69, 9.17) is 0 Å². The molecule has 10 aromatic carbocycles. The molecule has 0 nitrogen and oxygen atoms in total. The Hall–Kier alpha value is -5.46. The zero-order valence-corrected chi connectivity index (χ0v) is 43.4. The molecule has 0 aliphatic carbocycles. The lowest BCUT2D eigenvalue weighted by atomic mass is 9.76. The zero-order valence-electron chi connectivity index (χ0n) is 43.4. The molecule has 0 heteroatoms. The zero-order chi connectivity index (χ0) is 47.6. The fourth-order valence-electron chi connectivity index (χ4n) is 11.1. The molecule has 66 heavy (non-hydrogen) atoms. The Morgan fingerprint density at radius 2 is 0.288 bits per heavy atom. The minimum atomic E-state index is -0.0398. The van der Waals surface area contributed by atoms with Gasteiger partial charge in [-0.1, -0.05) is 197 Å². The van der Waals surface area contributed by atoms with Crippen LogP contribution in [0.1, 0.15) is 158 Å². The summed E-state index contributed by atoms with van der Waals surface area (Å²) in [6.07, 6.45) is 0. The number of fused-ring (bicyclic) bond motifs is 21. The fourth-order valence-corrected chi connectivity index (χ4v) is 11.1. The molecular formula is C66H72. The van der Waals surface area contributed by atoms with Crippen molar-refractivity contribution in [2.24, 2.45) is 0 Å². The summed E-state index contributed by atoms with van der Waals surface area (Å²) in [7, 11) is 0. The van der Waals surface area contributed by atoms with Crippen molar-refractivity contribution in [3.63, 3.8) is 0 Å². The molecule has 0 heterocycles. The smallest absolute Gasteiger partial charge is 0.000707 e. The van der Waals surface area contributed by atoms with Crippen LogP contribution in [-0.2, 0) is 32.5 Å². The van der Waals surface area contributed by atoms with Gasteiger partial charge in [0.15, 0.2) is 0 Å². The molecule has 0 aliphatic rings. The van der Waals surface area contributed by atoms with Crippen molar-refractivity contribution in [1.29, 1.82) is 0 Å². The van der Waals surface area contributed by atoms with E-state index in [-0.39, 0.29) is 32.5 Å². The Morgan fingerprint density at radius 3 is 0.394 bits per heavy atom. The third kappa shape index (κ3) is 6.82. The molecule has 0 radical (unpaired) electrons. The van der Waals surface area contributed by atoms with E-state index in [9.17, 15) is 0 Å². The summed E-state index contributed by atoms with van der Waals surface area (Å²) in [5.74, 6) is 0. The molecule has 0 N–H and O–H groups in total. The van der Waals surface area contributed by atoms with E-state index >= 15 is 0 Å². The highest BCUT2D eigenvalue weighted by molar-refractivity contribution is 6.51. The highest BCUT2D eigenvalue weighted by Crippen LogP contribution is 2.54. The average Bonchev–Trinajstić information content (AvgIpc) is 3.22. The first-order chi connectivity index (χ1) is 30.5. The second-order valence-corrected chi connectivity index (χ2v) is 26.3. The first-order valence-electron chi connectivity index (χ1n) is 24.7. The molecule has 0 bridgehead atoms. The highest BCUT2D eigenvalue weighted by atomic mass is 14.3. The molecule has 0 saturated carbocycles. The number of rotatable bonds is 0. The molecule has 10 rings (SSSR count). The molecular weight excluding hydrogens is 793 g/mol. The minimum absolute atomic E-state index is 0.0398. The Balaban J connectivity index is 1.72. The highest BCUT2D eigenvalue weighted by Gasteiger charge is 2.29. The molecule has 0 unspecified atom stereocenters. The molecule has 0 atom stereocenters. The van der Waals surface area contributed by atoms with Crippen molar-refractivity contribution < 1.29 is 0 Å². The van der Waals surface area contributed by atoms with Gasteiger partial charge in [-0.25, -0.2) is 0 Å². The van der Waals surface area contributed by atoms with Crippen LogP contribution in [0.2, 0.25) is 0 Å². The predicted molar refractivity (Wildman–Crippen MR) is 296 cm³/mol. The second kappa shape index (κ2) is 14.0. The van der Waals surface area contributed by atoms with Gasteiger partial charge in [0.05, 0.1) is 0 Å². The van der Waals surface area contributed by atoms with Crippen LogP contribution < -0.4 is 0 Å². The number of hydrogen-bond donors (Lipinski definition) is 0. The van der Waals surface area contributed by atoms with Gasteiger partial charge in [-0.2, -0.15) is 0 Å². The first-order valence-corrected chi connectivity index (χ1v) is 24.7. The molecule has 0 spiro atoms. The maximum atomic E-state index is 2.58. The summed E-state index contributed by atoms with van der Waals surface area (Å²) in [6, 6.07) is 44.6. The SMILES string of the molecule is CC(C)(C)c1ccc2c3ccc(C(C)(C)C)cc3c3c(c2c1)c1c2cc(C(C)(C)C)ccc2c2ccc(C(C)(C)C)cc2c1c1c2cc(C(C)(C)C)ccc2c2ccc(C(C)(C)C)cc2c31. The van der Waals surface area contributed by atoms with E-state index in [0.717, 1.165) is 0 Å². The van der Waals surface area contributed by atoms with Gasteiger partial charge >= 0.3 is 0 Å². The molecule has 10 aromatic rings. The Morgan fingerprint density at radius 1 is 0.167 bits per heavy atom. The largest absolute Gasteiger partial charge is 0.0578 e. The number of hydrogen-bond acceptors (Lipinski definition) is 0. The fraction of sp³-hybridized carbons (Fsp3) is 0.364. The van der Waals surface area contributed by atoms with E-state index in [1.54, 1.807) is 0 Å². The Labute approximate surface area is 394 Å². The minimum Gasteiger partial charge on any atom is -0.0578 e. The molecule has 0 aliphatic heterocycles. The Kier molecular flexibility index (Phi) is 9.44. The van der Waals surface area contributed by atoms with Crippen molar-refractivity contribution in [2.75, 3.05) is 0 Å². The molecule has 0 saturated heterocycles. The van der Waals surface area contributed by atoms with Crippen LogP contribution in [0.3, 0.4) is 0 Å². The first kappa shape index (κ1) is 44.4. The summed E-state index contributed by atoms with van der Waals surface area (Å²) < 4.78 is 0. The monoisotopic (exact) mass is 865 g/mol. The summed E-state index contributed by atoms with van der Waals surface area (Å²) >= 11 is 0. The quantitative estimate of drug-likeness (QED) is 0.133. The van der Waals surface area contributed by atoms with Gasteiger partial charge in [0.1, 0.15) is 0 Å². The lowest BCUT2D eigenvalue weighted by Crippen LogP contribution is -2.12. The standard InChI is InChI=1S/C66H72/c1-61(2,3)37-19-25-43-44-26-20-38(62(4,5)6)32-50(44)56-55(49(43)31-37)57-51-33-39(63(7,8)9)21-27-45(51)46-28-22-40(64(10,11)12)34-52(46)59(57)60-54-36-42(66(16,17)18)24-30-48(54)47-29-23-41(65(13,14)15)35-53(47)58(56)60/h19-36H,1-18H3. The molecule has 336 valence electrons. The maximum Gasteiger partial charge on any atom is -0.000707 e. The van der Waals surface area contributed by atoms with Crippen molar-refractivity contribution in [1.82, 2.24) is 0 Å². The molecule has 0 aromatic heterocycles.